The van der Waals surface area contributed by atoms with Gasteiger partial charge in [0.2, 0.25) is 12.3 Å². The van der Waals surface area contributed by atoms with Crippen molar-refractivity contribution in [2.45, 2.75) is 6.92 Å². The molecule has 0 aromatic heterocycles. The van der Waals surface area contributed by atoms with Gasteiger partial charge in [0.05, 0.1) is 5.92 Å². The Morgan fingerprint density at radius 2 is 2.13 bits per heavy atom. The molecule has 2 amide bonds. The van der Waals surface area contributed by atoms with Crippen LogP contribution in [0.1, 0.15) is 6.92 Å². The summed E-state index contributed by atoms with van der Waals surface area (Å²) in [5, 5.41) is 3.20. The zero-order valence-electron chi connectivity index (χ0n) is 9.40. The summed E-state index contributed by atoms with van der Waals surface area (Å²) in [6.07, 6.45) is 0.752. The van der Waals surface area contributed by atoms with E-state index < -0.39 is 0 Å². The van der Waals surface area contributed by atoms with E-state index >= 15 is 0 Å². The van der Waals surface area contributed by atoms with Crippen LogP contribution in [-0.2, 0) is 9.59 Å². The van der Waals surface area contributed by atoms with Gasteiger partial charge in [-0.15, -0.1) is 0 Å². The first-order valence-corrected chi connectivity index (χ1v) is 5.30. The molecule has 0 aliphatic carbocycles. The first kappa shape index (κ1) is 12.0. The topological polar surface area (TPSA) is 52.7 Å². The van der Waals surface area contributed by atoms with Crippen molar-refractivity contribution in [3.63, 3.8) is 0 Å². The number of amides is 2. The molecule has 86 valence electrons. The summed E-state index contributed by atoms with van der Waals surface area (Å²) in [5.41, 5.74) is 0. The molecular weight excluding hydrogens is 194 g/mol. The van der Waals surface area contributed by atoms with Gasteiger partial charge < -0.3 is 15.1 Å². The Bertz CT molecular complexity index is 227. The van der Waals surface area contributed by atoms with E-state index in [1.54, 1.807) is 7.05 Å². The Morgan fingerprint density at radius 3 is 2.67 bits per heavy atom. The normalized spacial score (nSPS) is 18.4. The molecule has 0 bridgehead atoms. The van der Waals surface area contributed by atoms with E-state index in [1.807, 2.05) is 11.8 Å². The molecule has 0 saturated carbocycles. The lowest BCUT2D eigenvalue weighted by molar-refractivity contribution is -0.136. The van der Waals surface area contributed by atoms with Crippen LogP contribution in [0.2, 0.25) is 0 Å². The highest BCUT2D eigenvalue weighted by molar-refractivity contribution is 5.79. The predicted molar refractivity (Wildman–Crippen MR) is 57.3 cm³/mol. The Morgan fingerprint density at radius 1 is 1.53 bits per heavy atom. The summed E-state index contributed by atoms with van der Waals surface area (Å²) in [6, 6.07) is 0. The van der Waals surface area contributed by atoms with Crippen LogP contribution >= 0.6 is 0 Å². The molecule has 1 rings (SSSR count). The largest absolute Gasteiger partial charge is 0.348 e. The summed E-state index contributed by atoms with van der Waals surface area (Å²) in [7, 11) is 1.69. The average Bonchev–Trinajstić information content (AvgIpc) is 2.29. The minimum Gasteiger partial charge on any atom is -0.348 e. The standard InChI is InChI=1S/C10H19N3O2/c1-9(7-12(2)8-14)10(15)13-5-3-11-4-6-13/h8-9,11H,3-7H2,1-2H3. The molecule has 5 heteroatoms. The number of carbonyl (C=O) groups excluding carboxylic acids is 2. The number of hydrogen-bond acceptors (Lipinski definition) is 3. The van der Waals surface area contributed by atoms with Gasteiger partial charge >= 0.3 is 0 Å². The minimum atomic E-state index is -0.113. The quantitative estimate of drug-likeness (QED) is 0.618. The minimum absolute atomic E-state index is 0.113. The maximum Gasteiger partial charge on any atom is 0.227 e. The monoisotopic (exact) mass is 213 g/mol. The van der Waals surface area contributed by atoms with Gasteiger partial charge in [0.1, 0.15) is 0 Å². The number of nitrogens with zero attached hydrogens (tertiary/aromatic N) is 2. The van der Waals surface area contributed by atoms with Gasteiger partial charge in [0, 0.05) is 39.8 Å². The van der Waals surface area contributed by atoms with E-state index in [0.29, 0.717) is 6.54 Å². The highest BCUT2D eigenvalue weighted by atomic mass is 16.2. The van der Waals surface area contributed by atoms with E-state index in [-0.39, 0.29) is 11.8 Å². The fourth-order valence-corrected chi connectivity index (χ4v) is 1.75. The second-order valence-electron chi connectivity index (χ2n) is 4.02. The van der Waals surface area contributed by atoms with Crippen LogP contribution in [0, 0.1) is 5.92 Å². The average molecular weight is 213 g/mol. The number of carbonyl (C=O) groups is 2. The molecule has 1 N–H and O–H groups in total. The SMILES string of the molecule is CC(CN(C)C=O)C(=O)N1CCNCC1. The summed E-state index contributed by atoms with van der Waals surface area (Å²) < 4.78 is 0. The summed E-state index contributed by atoms with van der Waals surface area (Å²) >= 11 is 0. The van der Waals surface area contributed by atoms with Gasteiger partial charge in [-0.25, -0.2) is 0 Å². The first-order chi connectivity index (χ1) is 7.15. The van der Waals surface area contributed by atoms with E-state index in [2.05, 4.69) is 5.32 Å². The smallest absolute Gasteiger partial charge is 0.227 e. The maximum atomic E-state index is 11.9. The van der Waals surface area contributed by atoms with Crippen molar-refractivity contribution in [2.75, 3.05) is 39.8 Å². The third kappa shape index (κ3) is 3.51. The molecule has 1 atom stereocenters. The number of piperazine rings is 1. The molecular formula is C10H19N3O2. The van der Waals surface area contributed by atoms with Crippen LogP contribution < -0.4 is 5.32 Å². The molecule has 1 fully saturated rings. The fourth-order valence-electron chi connectivity index (χ4n) is 1.75. The summed E-state index contributed by atoms with van der Waals surface area (Å²) in [5.74, 6) is 0.0310. The van der Waals surface area contributed by atoms with Crippen molar-refractivity contribution >= 4 is 12.3 Å². The summed E-state index contributed by atoms with van der Waals surface area (Å²) in [6.45, 7) is 5.63. The fraction of sp³-hybridized carbons (Fsp3) is 0.800. The molecule has 5 nitrogen and oxygen atoms in total. The van der Waals surface area contributed by atoms with Crippen molar-refractivity contribution in [3.05, 3.63) is 0 Å². The van der Waals surface area contributed by atoms with Crippen molar-refractivity contribution in [3.8, 4) is 0 Å². The van der Waals surface area contributed by atoms with Gasteiger partial charge in [-0.3, -0.25) is 9.59 Å². The number of rotatable bonds is 4. The Labute approximate surface area is 90.4 Å². The first-order valence-electron chi connectivity index (χ1n) is 5.30. The Kier molecular flexibility index (Phi) is 4.55. The third-order valence-electron chi connectivity index (χ3n) is 2.59. The van der Waals surface area contributed by atoms with Crippen LogP contribution in [0.25, 0.3) is 0 Å². The van der Waals surface area contributed by atoms with E-state index in [9.17, 15) is 9.59 Å². The lowest BCUT2D eigenvalue weighted by atomic mass is 10.1. The lowest BCUT2D eigenvalue weighted by Gasteiger charge is -2.30. The second-order valence-corrected chi connectivity index (χ2v) is 4.02. The van der Waals surface area contributed by atoms with Gasteiger partial charge in [-0.05, 0) is 0 Å². The van der Waals surface area contributed by atoms with Gasteiger partial charge in [-0.2, -0.15) is 0 Å². The Balaban J connectivity index is 2.40. The van der Waals surface area contributed by atoms with Gasteiger partial charge in [0.25, 0.3) is 0 Å². The van der Waals surface area contributed by atoms with Crippen molar-refractivity contribution in [2.24, 2.45) is 5.92 Å². The van der Waals surface area contributed by atoms with Crippen LogP contribution in [0.15, 0.2) is 0 Å². The second kappa shape index (κ2) is 5.70. The summed E-state index contributed by atoms with van der Waals surface area (Å²) in [4.78, 5) is 25.7. The molecule has 1 aliphatic heterocycles. The van der Waals surface area contributed by atoms with Crippen LogP contribution in [0.3, 0.4) is 0 Å². The van der Waals surface area contributed by atoms with Gasteiger partial charge in [0.15, 0.2) is 0 Å². The van der Waals surface area contributed by atoms with E-state index in [0.717, 1.165) is 32.6 Å². The predicted octanol–water partition coefficient (Wildman–Crippen LogP) is -0.857. The molecule has 1 aliphatic rings. The molecule has 0 aromatic carbocycles. The number of nitrogens with one attached hydrogen (secondary N) is 1. The van der Waals surface area contributed by atoms with Crippen LogP contribution in [-0.4, -0.2) is 61.9 Å². The van der Waals surface area contributed by atoms with Gasteiger partial charge in [-0.1, -0.05) is 6.92 Å². The lowest BCUT2D eigenvalue weighted by Crippen LogP contribution is -2.49. The zero-order valence-corrected chi connectivity index (χ0v) is 9.40. The molecule has 1 saturated heterocycles. The zero-order chi connectivity index (χ0) is 11.3. The molecule has 15 heavy (non-hydrogen) atoms. The van der Waals surface area contributed by atoms with E-state index in [1.165, 1.54) is 4.90 Å². The van der Waals surface area contributed by atoms with E-state index in [4.69, 9.17) is 0 Å². The van der Waals surface area contributed by atoms with Crippen molar-refractivity contribution in [1.29, 1.82) is 0 Å². The molecule has 1 unspecified atom stereocenters. The molecule has 0 spiro atoms. The highest BCUT2D eigenvalue weighted by Gasteiger charge is 2.22. The Hall–Kier alpha value is -1.10. The molecule has 1 heterocycles. The third-order valence-corrected chi connectivity index (χ3v) is 2.59. The van der Waals surface area contributed by atoms with Crippen molar-refractivity contribution in [1.82, 2.24) is 15.1 Å². The van der Waals surface area contributed by atoms with Crippen LogP contribution in [0.4, 0.5) is 0 Å². The maximum absolute atomic E-state index is 11.9. The highest BCUT2D eigenvalue weighted by Crippen LogP contribution is 2.04. The van der Waals surface area contributed by atoms with Crippen molar-refractivity contribution < 1.29 is 9.59 Å². The molecule has 0 aromatic rings. The number of hydrogen-bond donors (Lipinski definition) is 1. The molecule has 0 radical (unpaired) electrons. The van der Waals surface area contributed by atoms with Crippen LogP contribution in [0.5, 0.6) is 0 Å².